The van der Waals surface area contributed by atoms with Gasteiger partial charge in [-0.15, -0.1) is 0 Å². The van der Waals surface area contributed by atoms with Crippen LogP contribution in [0.1, 0.15) is 5.56 Å². The van der Waals surface area contributed by atoms with Gasteiger partial charge >= 0.3 is 0 Å². The van der Waals surface area contributed by atoms with Crippen molar-refractivity contribution >= 4 is 15.9 Å². The smallest absolute Gasteiger partial charge is 0.0320 e. The molecule has 0 radical (unpaired) electrons. The Kier molecular flexibility index (Phi) is 5.63. The lowest BCUT2D eigenvalue weighted by Crippen LogP contribution is -2.53. The Balaban J connectivity index is 1.64. The van der Waals surface area contributed by atoms with E-state index < -0.39 is 0 Å². The van der Waals surface area contributed by atoms with Crippen LogP contribution >= 0.6 is 15.9 Å². The van der Waals surface area contributed by atoms with Gasteiger partial charge in [0.2, 0.25) is 0 Å². The van der Waals surface area contributed by atoms with Crippen LogP contribution in [0.15, 0.2) is 28.7 Å². The highest BCUT2D eigenvalue weighted by molar-refractivity contribution is 9.10. The van der Waals surface area contributed by atoms with Gasteiger partial charge in [-0.1, -0.05) is 28.1 Å². The van der Waals surface area contributed by atoms with Crippen LogP contribution in [0.2, 0.25) is 0 Å². The molecule has 3 nitrogen and oxygen atoms in total. The molecule has 0 aliphatic carbocycles. The Morgan fingerprint density at radius 2 is 2.39 bits per heavy atom. The molecule has 100 valence electrons. The molecule has 1 fully saturated rings. The van der Waals surface area contributed by atoms with E-state index in [1.807, 2.05) is 0 Å². The van der Waals surface area contributed by atoms with Gasteiger partial charge in [0.1, 0.15) is 0 Å². The highest BCUT2D eigenvalue weighted by Gasteiger charge is 2.15. The van der Waals surface area contributed by atoms with Crippen molar-refractivity contribution in [3.05, 3.63) is 34.3 Å². The Morgan fingerprint density at radius 3 is 3.17 bits per heavy atom. The molecule has 1 heterocycles. The van der Waals surface area contributed by atoms with E-state index in [0.29, 0.717) is 6.04 Å². The van der Waals surface area contributed by atoms with E-state index in [0.717, 1.165) is 43.6 Å². The van der Waals surface area contributed by atoms with Gasteiger partial charge in [0.15, 0.2) is 0 Å². The van der Waals surface area contributed by atoms with Crippen molar-refractivity contribution in [1.29, 1.82) is 0 Å². The number of halogens is 1. The fraction of sp³-hybridized carbons (Fsp3) is 0.571. The molecule has 0 bridgehead atoms. The van der Waals surface area contributed by atoms with Crippen molar-refractivity contribution in [1.82, 2.24) is 15.5 Å². The maximum Gasteiger partial charge on any atom is 0.0320 e. The summed E-state index contributed by atoms with van der Waals surface area (Å²) in [7, 11) is 2.19. The number of nitrogens with one attached hydrogen (secondary N) is 2. The van der Waals surface area contributed by atoms with E-state index in [2.05, 4.69) is 62.8 Å². The van der Waals surface area contributed by atoms with Crippen molar-refractivity contribution in [3.8, 4) is 0 Å². The Morgan fingerprint density at radius 1 is 1.50 bits per heavy atom. The molecule has 1 unspecified atom stereocenters. The summed E-state index contributed by atoms with van der Waals surface area (Å²) in [5.74, 6) is 0. The molecular weight excluding hydrogens is 290 g/mol. The molecule has 0 aromatic heterocycles. The number of rotatable bonds is 5. The van der Waals surface area contributed by atoms with E-state index in [-0.39, 0.29) is 0 Å². The average Bonchev–Trinajstić information content (AvgIpc) is 2.35. The van der Waals surface area contributed by atoms with Crippen molar-refractivity contribution in [2.75, 3.05) is 39.8 Å². The predicted octanol–water partition coefficient (Wildman–Crippen LogP) is 1.48. The third-order valence-electron chi connectivity index (χ3n) is 3.33. The second-order valence-electron chi connectivity index (χ2n) is 5.00. The van der Waals surface area contributed by atoms with E-state index >= 15 is 0 Å². The Bertz CT molecular complexity index is 370. The summed E-state index contributed by atoms with van der Waals surface area (Å²) in [5.41, 5.74) is 1.38. The average molecular weight is 312 g/mol. The van der Waals surface area contributed by atoms with E-state index in [4.69, 9.17) is 0 Å². The van der Waals surface area contributed by atoms with Crippen LogP contribution in [0.25, 0.3) is 0 Å². The molecule has 18 heavy (non-hydrogen) atoms. The Labute approximate surface area is 118 Å². The molecule has 1 aliphatic heterocycles. The zero-order chi connectivity index (χ0) is 12.8. The van der Waals surface area contributed by atoms with Crippen LogP contribution in [0, 0.1) is 0 Å². The van der Waals surface area contributed by atoms with Crippen LogP contribution in [0.5, 0.6) is 0 Å². The van der Waals surface area contributed by atoms with Gasteiger partial charge < -0.3 is 15.5 Å². The molecule has 2 N–H and O–H groups in total. The second kappa shape index (κ2) is 7.24. The zero-order valence-electron chi connectivity index (χ0n) is 11.0. The lowest BCUT2D eigenvalue weighted by Gasteiger charge is -2.31. The summed E-state index contributed by atoms with van der Waals surface area (Å²) in [5, 5.41) is 7.08. The minimum absolute atomic E-state index is 0.589. The predicted molar refractivity (Wildman–Crippen MR) is 80.0 cm³/mol. The summed E-state index contributed by atoms with van der Waals surface area (Å²) < 4.78 is 1.16. The Hall–Kier alpha value is -0.420. The lowest BCUT2D eigenvalue weighted by atomic mass is 10.1. The van der Waals surface area contributed by atoms with Gasteiger partial charge in [0.05, 0.1) is 0 Å². The monoisotopic (exact) mass is 311 g/mol. The topological polar surface area (TPSA) is 27.3 Å². The summed E-state index contributed by atoms with van der Waals surface area (Å²) in [6, 6.07) is 9.12. The minimum atomic E-state index is 0.589. The quantitative estimate of drug-likeness (QED) is 0.807. The second-order valence-corrected chi connectivity index (χ2v) is 5.91. The van der Waals surface area contributed by atoms with E-state index in [1.165, 1.54) is 5.56 Å². The lowest BCUT2D eigenvalue weighted by molar-refractivity contribution is 0.235. The van der Waals surface area contributed by atoms with Crippen molar-refractivity contribution in [3.63, 3.8) is 0 Å². The molecule has 1 aliphatic rings. The molecule has 2 rings (SSSR count). The maximum absolute atomic E-state index is 3.55. The summed E-state index contributed by atoms with van der Waals surface area (Å²) in [4.78, 5) is 2.39. The van der Waals surface area contributed by atoms with Gasteiger partial charge in [0.25, 0.3) is 0 Å². The molecule has 1 saturated heterocycles. The highest BCUT2D eigenvalue weighted by atomic mass is 79.9. The minimum Gasteiger partial charge on any atom is -0.315 e. The molecule has 1 aromatic rings. The van der Waals surface area contributed by atoms with E-state index in [9.17, 15) is 0 Å². The fourth-order valence-corrected chi connectivity index (χ4v) is 2.78. The number of piperazine rings is 1. The van der Waals surface area contributed by atoms with Crippen LogP contribution in [0.4, 0.5) is 0 Å². The van der Waals surface area contributed by atoms with Crippen molar-refractivity contribution in [2.24, 2.45) is 0 Å². The van der Waals surface area contributed by atoms with Gasteiger partial charge in [-0.3, -0.25) is 0 Å². The zero-order valence-corrected chi connectivity index (χ0v) is 12.5. The van der Waals surface area contributed by atoms with Crippen LogP contribution in [-0.2, 0) is 6.42 Å². The number of likely N-dealkylation sites (N-methyl/N-ethyl adjacent to an activating group) is 1. The molecular formula is C14H22BrN3. The molecule has 1 aromatic carbocycles. The molecule has 0 saturated carbocycles. The van der Waals surface area contributed by atoms with Gasteiger partial charge in [-0.2, -0.15) is 0 Å². The van der Waals surface area contributed by atoms with Gasteiger partial charge in [0, 0.05) is 36.7 Å². The third kappa shape index (κ3) is 4.69. The fourth-order valence-electron chi connectivity index (χ4n) is 2.33. The first-order valence-electron chi connectivity index (χ1n) is 6.61. The number of hydrogen-bond acceptors (Lipinski definition) is 3. The SMILES string of the molecule is CN1CCNC(CNCCc2cccc(Br)c2)C1. The summed E-state index contributed by atoms with van der Waals surface area (Å²) in [6.07, 6.45) is 1.09. The molecule has 0 spiro atoms. The first-order valence-corrected chi connectivity index (χ1v) is 7.40. The van der Waals surface area contributed by atoms with Crippen LogP contribution in [-0.4, -0.2) is 50.7 Å². The number of hydrogen-bond donors (Lipinski definition) is 2. The highest BCUT2D eigenvalue weighted by Crippen LogP contribution is 2.11. The maximum atomic E-state index is 3.55. The van der Waals surface area contributed by atoms with Crippen LogP contribution in [0.3, 0.4) is 0 Å². The van der Waals surface area contributed by atoms with Crippen LogP contribution < -0.4 is 10.6 Å². The van der Waals surface area contributed by atoms with E-state index in [1.54, 1.807) is 0 Å². The summed E-state index contributed by atoms with van der Waals surface area (Å²) in [6.45, 7) is 5.50. The third-order valence-corrected chi connectivity index (χ3v) is 3.82. The molecule has 0 amide bonds. The summed E-state index contributed by atoms with van der Waals surface area (Å²) >= 11 is 3.50. The standard InChI is InChI=1S/C14H22BrN3/c1-18-8-7-17-14(11-18)10-16-6-5-12-3-2-4-13(15)9-12/h2-4,9,14,16-17H,5-8,10-11H2,1H3. The molecule has 4 heteroatoms. The molecule has 1 atom stereocenters. The number of nitrogens with zero attached hydrogens (tertiary/aromatic N) is 1. The first kappa shape index (κ1) is 14.0. The largest absolute Gasteiger partial charge is 0.315 e. The van der Waals surface area contributed by atoms with Gasteiger partial charge in [-0.05, 0) is 37.7 Å². The van der Waals surface area contributed by atoms with Crippen molar-refractivity contribution < 1.29 is 0 Å². The first-order chi connectivity index (χ1) is 8.74. The number of benzene rings is 1. The van der Waals surface area contributed by atoms with Gasteiger partial charge in [-0.25, -0.2) is 0 Å². The van der Waals surface area contributed by atoms with Crippen molar-refractivity contribution in [2.45, 2.75) is 12.5 Å². The normalized spacial score (nSPS) is 21.1.